The Bertz CT molecular complexity index is 919. The minimum Gasteiger partial charge on any atom is -0.508 e. The molecule has 0 aliphatic carbocycles. The quantitative estimate of drug-likeness (QED) is 0.535. The minimum absolute atomic E-state index is 0. The number of phenolic OH excluding ortho intramolecular Hbond substituents is 1. The summed E-state index contributed by atoms with van der Waals surface area (Å²) in [6, 6.07) is 30.8. The number of aromatic hydroxyl groups is 1. The summed E-state index contributed by atoms with van der Waals surface area (Å²) in [5.74, 6) is 0.316. The van der Waals surface area contributed by atoms with E-state index in [0.717, 1.165) is 25.2 Å². The SMILES string of the molecule is C[C@@H]1CN([C@H](c2c[c-]ccc2)c2cccc(O)c2)[C@@H](C)CN1Cc1ccccc1.[Y]. The monoisotopic (exact) mass is 474 g/mol. The third-order valence-electron chi connectivity index (χ3n) is 5.96. The van der Waals surface area contributed by atoms with Crippen molar-refractivity contribution in [1.29, 1.82) is 0 Å². The van der Waals surface area contributed by atoms with Gasteiger partial charge in [-0.25, -0.2) is 0 Å². The summed E-state index contributed by atoms with van der Waals surface area (Å²) in [6.07, 6.45) is 0. The summed E-state index contributed by atoms with van der Waals surface area (Å²) in [5.41, 5.74) is 3.70. The third kappa shape index (κ3) is 5.39. The fourth-order valence-electron chi connectivity index (χ4n) is 4.47. The van der Waals surface area contributed by atoms with Crippen molar-refractivity contribution in [2.45, 2.75) is 38.5 Å². The van der Waals surface area contributed by atoms with E-state index in [1.807, 2.05) is 24.3 Å². The van der Waals surface area contributed by atoms with Crippen LogP contribution in [0, 0.1) is 6.07 Å². The topological polar surface area (TPSA) is 26.7 Å². The van der Waals surface area contributed by atoms with Crippen LogP contribution in [0.2, 0.25) is 0 Å². The Morgan fingerprint density at radius 3 is 2.40 bits per heavy atom. The first-order valence-corrected chi connectivity index (χ1v) is 10.4. The van der Waals surface area contributed by atoms with Gasteiger partial charge in [0.1, 0.15) is 5.75 Å². The van der Waals surface area contributed by atoms with E-state index in [-0.39, 0.29) is 38.8 Å². The standard InChI is InChI=1S/C26H29N2O.Y/c1-20-18-28(21(2)17-27(20)19-22-10-5-3-6-11-22)26(23-12-7-4-8-13-23)24-14-9-15-25(29)16-24;/h3-7,9-16,20-21,26,29H,17-19H2,1-2H3;/q-1;/t20-,21+,26-;/m1./s1. The Morgan fingerprint density at radius 1 is 0.933 bits per heavy atom. The average Bonchev–Trinajstić information content (AvgIpc) is 2.73. The van der Waals surface area contributed by atoms with Gasteiger partial charge < -0.3 is 5.11 Å². The van der Waals surface area contributed by atoms with Crippen LogP contribution in [0.3, 0.4) is 0 Å². The second kappa shape index (κ2) is 10.7. The second-order valence-electron chi connectivity index (χ2n) is 8.14. The van der Waals surface area contributed by atoms with Crippen molar-refractivity contribution in [3.05, 3.63) is 102 Å². The Kier molecular flexibility index (Phi) is 8.24. The molecule has 3 aromatic rings. The smallest absolute Gasteiger partial charge is 0.115 e. The molecule has 4 rings (SSSR count). The van der Waals surface area contributed by atoms with Gasteiger partial charge in [-0.2, -0.15) is 30.3 Å². The number of rotatable bonds is 5. The summed E-state index contributed by atoms with van der Waals surface area (Å²) in [6.45, 7) is 7.60. The van der Waals surface area contributed by atoms with Crippen molar-refractivity contribution >= 4 is 0 Å². The molecular formula is C26H29N2OY-. The summed E-state index contributed by atoms with van der Waals surface area (Å²) in [5, 5.41) is 10.1. The van der Waals surface area contributed by atoms with Crippen molar-refractivity contribution in [2.24, 2.45) is 0 Å². The van der Waals surface area contributed by atoms with Crippen molar-refractivity contribution in [2.75, 3.05) is 13.1 Å². The summed E-state index contributed by atoms with van der Waals surface area (Å²) in [7, 11) is 0. The number of piperazine rings is 1. The number of hydrogen-bond acceptors (Lipinski definition) is 3. The van der Waals surface area contributed by atoms with Crippen LogP contribution in [0.5, 0.6) is 5.75 Å². The molecule has 4 heteroatoms. The molecule has 0 bridgehead atoms. The molecule has 0 aromatic heterocycles. The number of phenols is 1. The first-order valence-electron chi connectivity index (χ1n) is 10.4. The van der Waals surface area contributed by atoms with E-state index in [1.54, 1.807) is 6.07 Å². The molecule has 1 aliphatic rings. The van der Waals surface area contributed by atoms with Gasteiger partial charge in [0.2, 0.25) is 0 Å². The van der Waals surface area contributed by atoms with Crippen molar-refractivity contribution < 1.29 is 37.8 Å². The van der Waals surface area contributed by atoms with Crippen LogP contribution in [-0.2, 0) is 39.3 Å². The maximum absolute atomic E-state index is 10.1. The zero-order chi connectivity index (χ0) is 20.2. The Balaban J connectivity index is 0.00000256. The molecule has 1 heterocycles. The van der Waals surface area contributed by atoms with Crippen LogP contribution < -0.4 is 0 Å². The van der Waals surface area contributed by atoms with Crippen LogP contribution >= 0.6 is 0 Å². The van der Waals surface area contributed by atoms with Gasteiger partial charge in [-0.3, -0.25) is 9.80 Å². The number of benzene rings is 3. The third-order valence-corrected chi connectivity index (χ3v) is 5.96. The Labute approximate surface area is 205 Å². The molecule has 1 fully saturated rings. The van der Waals surface area contributed by atoms with Crippen LogP contribution in [0.1, 0.15) is 36.6 Å². The molecule has 0 saturated carbocycles. The molecule has 3 atom stereocenters. The first-order chi connectivity index (χ1) is 14.1. The van der Waals surface area contributed by atoms with Gasteiger partial charge in [-0.05, 0) is 37.1 Å². The molecule has 0 unspecified atom stereocenters. The molecule has 1 aliphatic heterocycles. The molecule has 153 valence electrons. The molecule has 30 heavy (non-hydrogen) atoms. The van der Waals surface area contributed by atoms with Crippen molar-refractivity contribution in [3.63, 3.8) is 0 Å². The summed E-state index contributed by atoms with van der Waals surface area (Å²) < 4.78 is 0. The van der Waals surface area contributed by atoms with Gasteiger partial charge in [0.25, 0.3) is 0 Å². The predicted octanol–water partition coefficient (Wildman–Crippen LogP) is 4.87. The molecular weight excluding hydrogens is 445 g/mol. The van der Waals surface area contributed by atoms with E-state index in [2.05, 4.69) is 78.2 Å². The molecule has 3 nitrogen and oxygen atoms in total. The van der Waals surface area contributed by atoms with Gasteiger partial charge in [-0.1, -0.05) is 42.5 Å². The fourth-order valence-corrected chi connectivity index (χ4v) is 4.47. The maximum atomic E-state index is 10.1. The normalized spacial score (nSPS) is 21.0. The molecule has 0 spiro atoms. The zero-order valence-corrected chi connectivity index (χ0v) is 20.6. The van der Waals surface area contributed by atoms with E-state index in [1.165, 1.54) is 11.1 Å². The second-order valence-corrected chi connectivity index (χ2v) is 8.14. The fraction of sp³-hybridized carbons (Fsp3) is 0.308. The Hall–Kier alpha value is -1.52. The molecule has 3 aromatic carbocycles. The van der Waals surface area contributed by atoms with E-state index in [9.17, 15) is 5.11 Å². The minimum atomic E-state index is 0. The van der Waals surface area contributed by atoms with Gasteiger partial charge in [0.15, 0.2) is 0 Å². The van der Waals surface area contributed by atoms with Gasteiger partial charge in [-0.15, -0.1) is 5.56 Å². The van der Waals surface area contributed by atoms with Crippen LogP contribution in [0.4, 0.5) is 0 Å². The van der Waals surface area contributed by atoms with Crippen LogP contribution in [-0.4, -0.2) is 40.1 Å². The van der Waals surface area contributed by atoms with E-state index < -0.39 is 0 Å². The Morgan fingerprint density at radius 2 is 1.70 bits per heavy atom. The molecule has 1 N–H and O–H groups in total. The van der Waals surface area contributed by atoms with Gasteiger partial charge in [0.05, 0.1) is 0 Å². The van der Waals surface area contributed by atoms with E-state index in [4.69, 9.17) is 0 Å². The first kappa shape index (κ1) is 23.2. The number of hydrogen-bond donors (Lipinski definition) is 1. The molecule has 1 saturated heterocycles. The molecule has 1 radical (unpaired) electrons. The van der Waals surface area contributed by atoms with Gasteiger partial charge >= 0.3 is 0 Å². The van der Waals surface area contributed by atoms with Crippen molar-refractivity contribution in [1.82, 2.24) is 9.80 Å². The summed E-state index contributed by atoms with van der Waals surface area (Å²) in [4.78, 5) is 5.15. The van der Waals surface area contributed by atoms with E-state index in [0.29, 0.717) is 17.8 Å². The number of nitrogens with zero attached hydrogens (tertiary/aromatic N) is 2. The maximum Gasteiger partial charge on any atom is 0.115 e. The van der Waals surface area contributed by atoms with Gasteiger partial charge in [0, 0.05) is 70.5 Å². The predicted molar refractivity (Wildman–Crippen MR) is 118 cm³/mol. The largest absolute Gasteiger partial charge is 0.508 e. The molecule has 0 amide bonds. The summed E-state index contributed by atoms with van der Waals surface area (Å²) >= 11 is 0. The zero-order valence-electron chi connectivity index (χ0n) is 17.8. The average molecular weight is 474 g/mol. The van der Waals surface area contributed by atoms with E-state index >= 15 is 0 Å². The van der Waals surface area contributed by atoms with Crippen LogP contribution in [0.25, 0.3) is 0 Å². The van der Waals surface area contributed by atoms with Crippen molar-refractivity contribution in [3.8, 4) is 5.75 Å². The van der Waals surface area contributed by atoms with Crippen LogP contribution in [0.15, 0.2) is 78.9 Å².